The standard InChI is InChI=1S/C30H32N4O5/c1-18-15-20-9-12-22(39-2)17-23(20)29(31-18)32-21-10-7-19(8-11-21)16-24(30(37)38)33-25-26(28(36)27(25)35)34-13-5-3-4-6-14-34/h7-12,15,17,24,33H,3-6,13-14,16H2,1-2H3,(H,31,32)(H,37,38). The lowest BCUT2D eigenvalue weighted by molar-refractivity contribution is -0.137. The normalized spacial score (nSPS) is 14.7. The van der Waals surface area contributed by atoms with Crippen molar-refractivity contribution in [2.45, 2.75) is 45.1 Å². The van der Waals surface area contributed by atoms with E-state index in [1.165, 1.54) is 0 Å². The molecule has 1 saturated heterocycles. The van der Waals surface area contributed by atoms with Gasteiger partial charge in [0.15, 0.2) is 0 Å². The summed E-state index contributed by atoms with van der Waals surface area (Å²) in [5.74, 6) is 0.346. The number of carbonyl (C=O) groups is 1. The first kappa shape index (κ1) is 26.2. The van der Waals surface area contributed by atoms with Crippen molar-refractivity contribution in [2.75, 3.05) is 35.7 Å². The van der Waals surface area contributed by atoms with E-state index in [1.54, 1.807) is 7.11 Å². The predicted octanol–water partition coefficient (Wildman–Crippen LogP) is 4.38. The first-order valence-electron chi connectivity index (χ1n) is 13.2. The van der Waals surface area contributed by atoms with Gasteiger partial charge in [-0.15, -0.1) is 0 Å². The number of ether oxygens (including phenoxy) is 1. The van der Waals surface area contributed by atoms with Crippen molar-refractivity contribution >= 4 is 39.6 Å². The van der Waals surface area contributed by atoms with E-state index in [0.717, 1.165) is 59.2 Å². The van der Waals surface area contributed by atoms with Gasteiger partial charge in [0.1, 0.15) is 29.0 Å². The Labute approximate surface area is 226 Å². The van der Waals surface area contributed by atoms with Crippen LogP contribution in [-0.4, -0.2) is 42.3 Å². The van der Waals surface area contributed by atoms with E-state index in [4.69, 9.17) is 4.74 Å². The third kappa shape index (κ3) is 5.57. The van der Waals surface area contributed by atoms with Gasteiger partial charge in [-0.05, 0) is 61.0 Å². The number of aliphatic carboxylic acids is 1. The summed E-state index contributed by atoms with van der Waals surface area (Å²) in [6.45, 7) is 3.33. The van der Waals surface area contributed by atoms with E-state index in [1.807, 2.05) is 60.4 Å². The van der Waals surface area contributed by atoms with E-state index in [-0.39, 0.29) is 12.1 Å². The van der Waals surface area contributed by atoms with Crippen LogP contribution >= 0.6 is 0 Å². The van der Waals surface area contributed by atoms with Gasteiger partial charge in [0.05, 0.1) is 7.11 Å². The molecule has 4 aromatic rings. The van der Waals surface area contributed by atoms with E-state index in [2.05, 4.69) is 15.6 Å². The second-order valence-electron chi connectivity index (χ2n) is 10.0. The molecule has 1 fully saturated rings. The molecule has 202 valence electrons. The average Bonchev–Trinajstić information content (AvgIpc) is 3.21. The Kier molecular flexibility index (Phi) is 7.49. The van der Waals surface area contributed by atoms with Crippen molar-refractivity contribution in [1.82, 2.24) is 4.98 Å². The zero-order valence-corrected chi connectivity index (χ0v) is 22.1. The number of carboxylic acid groups (broad SMARTS) is 1. The fraction of sp³-hybridized carbons (Fsp3) is 0.333. The van der Waals surface area contributed by atoms with Crippen LogP contribution in [0.4, 0.5) is 22.9 Å². The number of hydrogen-bond donors (Lipinski definition) is 3. The van der Waals surface area contributed by atoms with Crippen LogP contribution in [0.5, 0.6) is 5.75 Å². The highest BCUT2D eigenvalue weighted by Crippen LogP contribution is 2.29. The highest BCUT2D eigenvalue weighted by molar-refractivity contribution is 5.94. The van der Waals surface area contributed by atoms with Gasteiger partial charge in [0, 0.05) is 36.3 Å². The van der Waals surface area contributed by atoms with Crippen LogP contribution in [0.3, 0.4) is 0 Å². The summed E-state index contributed by atoms with van der Waals surface area (Å²) in [6, 6.07) is 14.2. The molecular formula is C30H32N4O5. The van der Waals surface area contributed by atoms with E-state index in [0.29, 0.717) is 24.6 Å². The van der Waals surface area contributed by atoms with Gasteiger partial charge in [-0.25, -0.2) is 9.78 Å². The largest absolute Gasteiger partial charge is 0.497 e. The SMILES string of the molecule is COc1ccc2cc(C)nc(Nc3ccc(CC(Nc4c(N5CCCCCC5)c(=O)c4=O)C(=O)O)cc3)c2c1. The number of anilines is 4. The number of aromatic nitrogens is 1. The molecule has 2 heterocycles. The highest BCUT2D eigenvalue weighted by Gasteiger charge is 2.30. The number of carboxylic acids is 1. The lowest BCUT2D eigenvalue weighted by atomic mass is 10.0. The number of nitrogens with one attached hydrogen (secondary N) is 2. The Morgan fingerprint density at radius 3 is 2.41 bits per heavy atom. The summed E-state index contributed by atoms with van der Waals surface area (Å²) >= 11 is 0. The molecule has 1 aromatic heterocycles. The Morgan fingerprint density at radius 1 is 1.03 bits per heavy atom. The van der Waals surface area contributed by atoms with Crippen molar-refractivity contribution in [3.05, 3.63) is 80.2 Å². The van der Waals surface area contributed by atoms with Crippen molar-refractivity contribution in [3.8, 4) is 5.75 Å². The van der Waals surface area contributed by atoms with Crippen LogP contribution in [-0.2, 0) is 11.2 Å². The summed E-state index contributed by atoms with van der Waals surface area (Å²) in [4.78, 5) is 43.4. The zero-order chi connectivity index (χ0) is 27.5. The minimum atomic E-state index is -1.09. The van der Waals surface area contributed by atoms with Crippen LogP contribution in [0.15, 0.2) is 58.1 Å². The van der Waals surface area contributed by atoms with Gasteiger partial charge in [0.25, 0.3) is 10.9 Å². The summed E-state index contributed by atoms with van der Waals surface area (Å²) in [7, 11) is 1.62. The van der Waals surface area contributed by atoms with Crippen molar-refractivity contribution < 1.29 is 14.6 Å². The smallest absolute Gasteiger partial charge is 0.326 e. The molecule has 1 aliphatic heterocycles. The summed E-state index contributed by atoms with van der Waals surface area (Å²) < 4.78 is 5.37. The van der Waals surface area contributed by atoms with E-state index >= 15 is 0 Å². The molecule has 1 atom stereocenters. The molecule has 9 nitrogen and oxygen atoms in total. The summed E-state index contributed by atoms with van der Waals surface area (Å²) in [6.07, 6.45) is 4.21. The third-order valence-electron chi connectivity index (χ3n) is 7.25. The van der Waals surface area contributed by atoms with Gasteiger partial charge in [-0.1, -0.05) is 31.0 Å². The third-order valence-corrected chi connectivity index (χ3v) is 7.25. The molecule has 3 N–H and O–H groups in total. The molecule has 0 radical (unpaired) electrons. The van der Waals surface area contributed by atoms with Crippen LogP contribution in [0, 0.1) is 6.92 Å². The lowest BCUT2D eigenvalue weighted by Crippen LogP contribution is -2.46. The molecule has 0 aliphatic carbocycles. The first-order valence-corrected chi connectivity index (χ1v) is 13.2. The Balaban J connectivity index is 1.32. The van der Waals surface area contributed by atoms with Gasteiger partial charge in [-0.3, -0.25) is 9.59 Å². The number of pyridine rings is 1. The topological polar surface area (TPSA) is 121 Å². The molecule has 1 unspecified atom stereocenters. The van der Waals surface area contributed by atoms with Crippen LogP contribution in [0.25, 0.3) is 10.8 Å². The first-order chi connectivity index (χ1) is 18.8. The fourth-order valence-corrected chi connectivity index (χ4v) is 5.16. The summed E-state index contributed by atoms with van der Waals surface area (Å²) in [5, 5.41) is 18.1. The number of nitrogens with zero attached hydrogens (tertiary/aromatic N) is 2. The Bertz CT molecular complexity index is 1570. The van der Waals surface area contributed by atoms with Crippen LogP contribution in [0.2, 0.25) is 0 Å². The summed E-state index contributed by atoms with van der Waals surface area (Å²) in [5.41, 5.74) is 1.73. The molecule has 9 heteroatoms. The Hall–Kier alpha value is -4.40. The number of methoxy groups -OCH3 is 1. The molecule has 1 aliphatic rings. The zero-order valence-electron chi connectivity index (χ0n) is 22.1. The number of rotatable bonds is 9. The maximum Gasteiger partial charge on any atom is 0.326 e. The molecule has 39 heavy (non-hydrogen) atoms. The van der Waals surface area contributed by atoms with Gasteiger partial charge < -0.3 is 25.4 Å². The molecular weight excluding hydrogens is 496 g/mol. The maximum atomic E-state index is 12.4. The van der Waals surface area contributed by atoms with Crippen molar-refractivity contribution in [3.63, 3.8) is 0 Å². The van der Waals surface area contributed by atoms with Crippen molar-refractivity contribution in [2.24, 2.45) is 0 Å². The molecule has 3 aromatic carbocycles. The number of fused-ring (bicyclic) bond motifs is 1. The molecule has 0 spiro atoms. The maximum absolute atomic E-state index is 12.4. The second-order valence-corrected chi connectivity index (χ2v) is 10.0. The van der Waals surface area contributed by atoms with Crippen molar-refractivity contribution in [1.29, 1.82) is 0 Å². The molecule has 0 bridgehead atoms. The minimum Gasteiger partial charge on any atom is -0.497 e. The molecule has 5 rings (SSSR count). The van der Waals surface area contributed by atoms with E-state index in [9.17, 15) is 19.5 Å². The Morgan fingerprint density at radius 2 is 1.74 bits per heavy atom. The lowest BCUT2D eigenvalue weighted by Gasteiger charge is -2.27. The number of benzene rings is 2. The average molecular weight is 529 g/mol. The van der Waals surface area contributed by atoms with Gasteiger partial charge in [0.2, 0.25) is 0 Å². The van der Waals surface area contributed by atoms with Gasteiger partial charge in [-0.2, -0.15) is 0 Å². The van der Waals surface area contributed by atoms with E-state index < -0.39 is 22.9 Å². The molecule has 0 amide bonds. The van der Waals surface area contributed by atoms with Crippen LogP contribution in [0.1, 0.15) is 36.9 Å². The minimum absolute atomic E-state index is 0.125. The quantitative estimate of drug-likeness (QED) is 0.272. The highest BCUT2D eigenvalue weighted by atomic mass is 16.5. The predicted molar refractivity (Wildman–Crippen MR) is 154 cm³/mol. The number of hydrogen-bond acceptors (Lipinski definition) is 8. The fourth-order valence-electron chi connectivity index (χ4n) is 5.16. The molecule has 0 saturated carbocycles. The van der Waals surface area contributed by atoms with Gasteiger partial charge >= 0.3 is 5.97 Å². The monoisotopic (exact) mass is 528 g/mol. The second kappa shape index (κ2) is 11.1. The number of aryl methyl sites for hydroxylation is 1. The van der Waals surface area contributed by atoms with Crippen LogP contribution < -0.4 is 31.1 Å².